The van der Waals surface area contributed by atoms with Gasteiger partial charge in [0.05, 0.1) is 23.5 Å². The maximum absolute atomic E-state index is 11.7. The van der Waals surface area contributed by atoms with Crippen LogP contribution in [-0.4, -0.2) is 83.4 Å². The summed E-state index contributed by atoms with van der Waals surface area (Å²) in [7, 11) is 0. The molecule has 74 heavy (non-hydrogen) atoms. The lowest BCUT2D eigenvalue weighted by molar-refractivity contribution is -0.192. The van der Waals surface area contributed by atoms with Crippen LogP contribution in [0.25, 0.3) is 0 Å². The van der Waals surface area contributed by atoms with Crippen molar-refractivity contribution in [1.82, 2.24) is 0 Å². The Morgan fingerprint density at radius 2 is 1.03 bits per heavy atom. The van der Waals surface area contributed by atoms with Crippen LogP contribution in [0.3, 0.4) is 0 Å². The van der Waals surface area contributed by atoms with Gasteiger partial charge in [-0.15, -0.1) is 23.2 Å². The number of carboxylic acid groups (broad SMARTS) is 1. The zero-order chi connectivity index (χ0) is 55.7. The quantitative estimate of drug-likeness (QED) is 0.0694. The molecule has 0 bridgehead atoms. The van der Waals surface area contributed by atoms with Gasteiger partial charge >= 0.3 is 18.1 Å². The Labute approximate surface area is 459 Å². The number of cyclic esters (lactones) is 1. The molecule has 0 aromatic rings. The monoisotopic (exact) mass is 1100 g/mol. The number of aliphatic hydroxyl groups excluding tert-OH is 1. The van der Waals surface area contributed by atoms with Gasteiger partial charge in [0.2, 0.25) is 0 Å². The minimum absolute atomic E-state index is 0.0429. The summed E-state index contributed by atoms with van der Waals surface area (Å²) in [5, 5.41) is 17.6. The van der Waals surface area contributed by atoms with Crippen molar-refractivity contribution >= 4 is 46.7 Å². The van der Waals surface area contributed by atoms with Crippen LogP contribution in [0, 0.1) is 47.3 Å². The van der Waals surface area contributed by atoms with Gasteiger partial charge in [0.25, 0.3) is 0 Å². The van der Waals surface area contributed by atoms with E-state index in [1.165, 1.54) is 173 Å². The van der Waals surface area contributed by atoms with E-state index in [1.54, 1.807) is 13.8 Å². The highest BCUT2D eigenvalue weighted by Gasteiger charge is 2.38. The third-order valence-electron chi connectivity index (χ3n) is 16.4. The number of Topliss-reactive ketones (excluding diaryl/α,β-unsaturated/α-hetero) is 2. The zero-order valence-corrected chi connectivity index (χ0v) is 49.5. The highest BCUT2D eigenvalue weighted by atomic mass is 35.5. The number of rotatable bonds is 20. The smallest absolute Gasteiger partial charge is 0.475 e. The minimum Gasteiger partial charge on any atom is -0.475 e. The fourth-order valence-corrected chi connectivity index (χ4v) is 10.8. The molecule has 0 spiro atoms. The molecule has 0 aromatic heterocycles. The van der Waals surface area contributed by atoms with Gasteiger partial charge in [-0.3, -0.25) is 9.59 Å². The molecule has 6 rings (SSSR count). The molecule has 0 radical (unpaired) electrons. The second-order valence-electron chi connectivity index (χ2n) is 22.4. The summed E-state index contributed by atoms with van der Waals surface area (Å²) < 4.78 is 47.9. The predicted octanol–water partition coefficient (Wildman–Crippen LogP) is 17.5. The molecule has 9 nitrogen and oxygen atoms in total. The number of aliphatic hydroxyl groups is 1. The van der Waals surface area contributed by atoms with Crippen molar-refractivity contribution in [2.75, 3.05) is 25.2 Å². The number of carbonyl (C=O) groups is 4. The van der Waals surface area contributed by atoms with Crippen LogP contribution in [0.4, 0.5) is 13.2 Å². The summed E-state index contributed by atoms with van der Waals surface area (Å²) in [6.45, 7) is 18.9. The van der Waals surface area contributed by atoms with Crippen LogP contribution in [-0.2, 0) is 33.4 Å². The van der Waals surface area contributed by atoms with E-state index in [4.69, 9.17) is 47.3 Å². The number of alkyl halides is 5. The standard InChI is InChI=1S/C18H34O2.C17H30O2.C14H26O.2C4H8O.C2HF3O2.CH2Cl2/c1-4-5-6-7-16-9-11-17(12-10-16)18(20)13-8-14(2)15(3)19;1-3-4-5-6-14-8-10-15(11-9-14)16-12-7-13(2)17(18)19-16;1-2-3-4-5-12-6-8-13(9-7-12)14-10-11-15-14;1-2-4-5-3-1;1-3-4(2)5;3-2(4,5)1(6)7;2-1-3/h14,16-18,20H,4-13H2,1-3H3;13-16H,3-12H2,1-2H3;12-14H,2-11H2,1H3;1-4H2;3H2,1-2H3;(H,6,7);1H2. The Morgan fingerprint density at radius 3 is 1.32 bits per heavy atom. The fraction of sp³-hybridized carbons (Fsp3) is 0.933. The highest BCUT2D eigenvalue weighted by Crippen LogP contribution is 2.39. The van der Waals surface area contributed by atoms with E-state index in [1.807, 2.05) is 20.8 Å². The summed E-state index contributed by atoms with van der Waals surface area (Å²) in [6.07, 6.45) is 36.8. The first-order chi connectivity index (χ1) is 35.3. The molecule has 2 N–H and O–H groups in total. The highest BCUT2D eigenvalue weighted by molar-refractivity contribution is 6.40. The van der Waals surface area contributed by atoms with E-state index in [0.717, 1.165) is 69.2 Å². The first-order valence-corrected chi connectivity index (χ1v) is 30.8. The van der Waals surface area contributed by atoms with E-state index < -0.39 is 12.1 Å². The Balaban J connectivity index is 0.000000915. The van der Waals surface area contributed by atoms with Crippen LogP contribution >= 0.6 is 23.2 Å². The molecule has 6 fully saturated rings. The van der Waals surface area contributed by atoms with Crippen molar-refractivity contribution < 1.29 is 56.8 Å². The van der Waals surface area contributed by atoms with Gasteiger partial charge in [-0.25, -0.2) is 4.79 Å². The predicted molar refractivity (Wildman–Crippen MR) is 298 cm³/mol. The van der Waals surface area contributed by atoms with E-state index in [9.17, 15) is 32.7 Å². The second-order valence-corrected chi connectivity index (χ2v) is 23.2. The lowest BCUT2D eigenvalue weighted by Crippen LogP contribution is -2.36. The second kappa shape index (κ2) is 45.4. The number of ketones is 2. The van der Waals surface area contributed by atoms with Gasteiger partial charge in [-0.05, 0) is 133 Å². The average Bonchev–Trinajstić information content (AvgIpc) is 3.96. The van der Waals surface area contributed by atoms with Crippen LogP contribution < -0.4 is 0 Å². The van der Waals surface area contributed by atoms with Crippen LogP contribution in [0.15, 0.2) is 0 Å². The summed E-state index contributed by atoms with van der Waals surface area (Å²) in [5.74, 6) is 2.97. The van der Waals surface area contributed by atoms with Gasteiger partial charge in [0.1, 0.15) is 17.7 Å². The van der Waals surface area contributed by atoms with E-state index >= 15 is 0 Å². The zero-order valence-electron chi connectivity index (χ0n) is 47.9. The molecule has 438 valence electrons. The molecule has 3 aliphatic heterocycles. The molecular formula is C60H109Cl2F3O9. The van der Waals surface area contributed by atoms with Crippen LogP contribution in [0.2, 0.25) is 0 Å². The molecule has 3 saturated carbocycles. The summed E-state index contributed by atoms with van der Waals surface area (Å²) in [6, 6.07) is 0. The number of hydrogen-bond donors (Lipinski definition) is 2. The Hall–Kier alpha value is -1.47. The van der Waals surface area contributed by atoms with Crippen LogP contribution in [0.1, 0.15) is 261 Å². The molecule has 3 heterocycles. The van der Waals surface area contributed by atoms with E-state index in [-0.39, 0.29) is 46.9 Å². The van der Waals surface area contributed by atoms with Crippen molar-refractivity contribution in [1.29, 1.82) is 0 Å². The van der Waals surface area contributed by atoms with Crippen molar-refractivity contribution in [3.05, 3.63) is 0 Å². The first-order valence-electron chi connectivity index (χ1n) is 29.8. The third-order valence-corrected chi connectivity index (χ3v) is 16.4. The Morgan fingerprint density at radius 1 is 0.635 bits per heavy atom. The number of unbranched alkanes of at least 4 members (excludes halogenated alkanes) is 6. The maximum atomic E-state index is 11.7. The maximum Gasteiger partial charge on any atom is 0.490 e. The van der Waals surface area contributed by atoms with Gasteiger partial charge in [-0.2, -0.15) is 13.2 Å². The molecule has 5 atom stereocenters. The molecule has 0 aromatic carbocycles. The van der Waals surface area contributed by atoms with Crippen LogP contribution in [0.5, 0.6) is 0 Å². The lowest BCUT2D eigenvalue weighted by Gasteiger charge is -2.38. The number of carbonyl (C=O) groups excluding carboxylic acids is 3. The number of ether oxygens (including phenoxy) is 3. The van der Waals surface area contributed by atoms with Crippen molar-refractivity contribution in [3.8, 4) is 0 Å². The molecule has 3 saturated heterocycles. The number of halogens is 5. The molecule has 14 heteroatoms. The third kappa shape index (κ3) is 36.6. The molecule has 3 aliphatic carbocycles. The summed E-state index contributed by atoms with van der Waals surface area (Å²) in [5.41, 5.74) is 0. The largest absolute Gasteiger partial charge is 0.490 e. The van der Waals surface area contributed by atoms with Gasteiger partial charge in [-0.1, -0.05) is 157 Å². The molecular weight excluding hydrogens is 993 g/mol. The fourth-order valence-electron chi connectivity index (χ4n) is 10.8. The van der Waals surface area contributed by atoms with E-state index in [0.29, 0.717) is 24.4 Å². The SMILES string of the molecule is C1CCOC1.CCC(C)=O.CCCCCC1CCC(C(O)CCC(C)C(C)=O)CC1.CCCCCC1CCC(C2CCC(C)C(=O)O2)CC1.CCCCCC1CCC(C2CCO2)CC1.ClCCl.O=C(O)C(F)(F)F. The van der Waals surface area contributed by atoms with E-state index in [2.05, 4.69) is 20.8 Å². The normalized spacial score (nSPS) is 27.1. The average molecular weight is 1100 g/mol. The molecule has 5 unspecified atom stereocenters. The summed E-state index contributed by atoms with van der Waals surface area (Å²) in [4.78, 5) is 41.6. The summed E-state index contributed by atoms with van der Waals surface area (Å²) >= 11 is 9.53. The number of aliphatic carboxylic acids is 1. The number of hydrogen-bond acceptors (Lipinski definition) is 8. The van der Waals surface area contributed by atoms with Crippen molar-refractivity contribution in [3.63, 3.8) is 0 Å². The van der Waals surface area contributed by atoms with Gasteiger partial charge in [0, 0.05) is 32.2 Å². The first kappa shape index (κ1) is 72.5. The van der Waals surface area contributed by atoms with Crippen molar-refractivity contribution in [2.45, 2.75) is 285 Å². The van der Waals surface area contributed by atoms with Gasteiger partial charge in [0.15, 0.2) is 0 Å². The minimum atomic E-state index is -5.08. The van der Waals surface area contributed by atoms with Gasteiger partial charge < -0.3 is 29.2 Å². The number of esters is 1. The number of carboxylic acids is 1. The Bertz CT molecular complexity index is 1370. The molecule has 6 aliphatic rings. The van der Waals surface area contributed by atoms with Crippen molar-refractivity contribution in [2.24, 2.45) is 47.3 Å². The lowest BCUT2D eigenvalue weighted by atomic mass is 9.76. The topological polar surface area (TPSA) is 136 Å². The molecule has 0 amide bonds. The Kier molecular flexibility index (Phi) is 44.5.